The molecule has 0 aliphatic carbocycles. The number of amides is 1. The van der Waals surface area contributed by atoms with E-state index in [0.717, 1.165) is 82.2 Å². The van der Waals surface area contributed by atoms with Crippen LogP contribution in [0.25, 0.3) is 0 Å². The summed E-state index contributed by atoms with van der Waals surface area (Å²) in [6.45, 7) is 25.5. The summed E-state index contributed by atoms with van der Waals surface area (Å²) in [5.74, 6) is 3.13. The number of unbranched alkanes of at least 4 members (excludes halogenated alkanes) is 2. The number of aliphatic hydroxyl groups is 2. The van der Waals surface area contributed by atoms with Crippen molar-refractivity contribution in [3.05, 3.63) is 145 Å². The summed E-state index contributed by atoms with van der Waals surface area (Å²) in [6.07, 6.45) is 8.09. The molecule has 4 rings (SSSR count). The first kappa shape index (κ1) is 61.7. The average Bonchev–Trinajstić information content (AvgIpc) is 3.33. The predicted molar refractivity (Wildman–Crippen MR) is 263 cm³/mol. The number of aliphatic hydroxyl groups excluding tert-OH is 2. The van der Waals surface area contributed by atoms with Gasteiger partial charge in [-0.3, -0.25) is 4.79 Å². The molecule has 4 aromatic rings. The van der Waals surface area contributed by atoms with Gasteiger partial charge >= 0.3 is 5.97 Å². The molecule has 0 radical (unpaired) electrons. The van der Waals surface area contributed by atoms with Gasteiger partial charge < -0.3 is 39.2 Å². The molecule has 0 aromatic heterocycles. The monoisotopic (exact) mass is 876 g/mol. The fraction of sp³-hybridized carbons (Fsp3) is 0.434. The normalized spacial score (nSPS) is 9.65. The molecule has 0 bridgehead atoms. The Morgan fingerprint density at radius 1 is 0.540 bits per heavy atom. The van der Waals surface area contributed by atoms with Gasteiger partial charge in [-0.1, -0.05) is 136 Å². The fourth-order valence-electron chi connectivity index (χ4n) is 5.14. The first-order chi connectivity index (χ1) is 30.2. The molecule has 0 aliphatic heterocycles. The number of carbonyl (C=O) groups is 2. The first-order valence-corrected chi connectivity index (χ1v) is 21.4. The molecule has 3 N–H and O–H groups in total. The maximum atomic E-state index is 9.95. The Kier molecular flexibility index (Phi) is 37.3. The van der Waals surface area contributed by atoms with E-state index in [9.17, 15) is 9.59 Å². The summed E-state index contributed by atoms with van der Waals surface area (Å²) in [5.41, 5.74) is 5.00. The van der Waals surface area contributed by atoms with Crippen molar-refractivity contribution in [3.63, 3.8) is 0 Å². The van der Waals surface area contributed by atoms with Gasteiger partial charge in [0, 0.05) is 38.2 Å². The third-order valence-corrected chi connectivity index (χ3v) is 9.11. The van der Waals surface area contributed by atoms with Gasteiger partial charge in [0.25, 0.3) is 0 Å². The molecule has 0 aliphatic rings. The van der Waals surface area contributed by atoms with Crippen molar-refractivity contribution in [2.45, 2.75) is 98.3 Å². The van der Waals surface area contributed by atoms with E-state index in [0.29, 0.717) is 0 Å². The van der Waals surface area contributed by atoms with Crippen LogP contribution in [0.15, 0.2) is 122 Å². The number of benzene rings is 4. The van der Waals surface area contributed by atoms with Crippen molar-refractivity contribution in [2.75, 3.05) is 55.8 Å². The van der Waals surface area contributed by atoms with Gasteiger partial charge in [-0.05, 0) is 89.7 Å². The second-order valence-corrected chi connectivity index (χ2v) is 14.4. The lowest BCUT2D eigenvalue weighted by Gasteiger charge is -2.26. The Balaban J connectivity index is -0.000000818. The molecule has 0 atom stereocenters. The molecule has 352 valence electrons. The van der Waals surface area contributed by atoms with Crippen LogP contribution in [0.3, 0.4) is 0 Å². The van der Waals surface area contributed by atoms with E-state index >= 15 is 0 Å². The van der Waals surface area contributed by atoms with E-state index in [1.54, 1.807) is 21.3 Å². The topological polar surface area (TPSA) is 133 Å². The summed E-state index contributed by atoms with van der Waals surface area (Å²) in [6, 6.07) is 33.5. The van der Waals surface area contributed by atoms with Crippen molar-refractivity contribution in [3.8, 4) is 23.0 Å². The molecule has 0 heterocycles. The lowest BCUT2D eigenvalue weighted by atomic mass is 9.78. The van der Waals surface area contributed by atoms with Gasteiger partial charge in [-0.2, -0.15) is 0 Å². The van der Waals surface area contributed by atoms with Gasteiger partial charge in [0.05, 0.1) is 34.5 Å². The number of carbonyl (C=O) groups excluding carboxylic acids is 2. The molecule has 1 amide bonds. The predicted octanol–water partition coefficient (Wildman–Crippen LogP) is 11.3. The maximum Gasteiger partial charge on any atom is 0.329 e. The summed E-state index contributed by atoms with van der Waals surface area (Å²) in [7, 11) is 8.25. The highest BCUT2D eigenvalue weighted by molar-refractivity contribution is 5.86. The molecule has 63 heavy (non-hydrogen) atoms. The van der Waals surface area contributed by atoms with Crippen LogP contribution in [0.5, 0.6) is 23.0 Å². The standard InChI is InChI=1S/2C20H26O2.C4H7NO.C4H6O2.C3H8.2CH4O/c2*1-5-6-15-22-19-13-9-17(10-14-19)20(2,3)16-7-11-18(21-4)12-8-16;1-3-4(6)5-2;1-3-4(5)6-2;1-3-2;2*1-2/h2*7-14H,5-6,15H2,1-4H3;3H,1H2,2H3,(H,5,6);3H,1H2,2H3;3H2,1-2H3;2*2H,1H3. The summed E-state index contributed by atoms with van der Waals surface area (Å²) < 4.78 is 26.1. The first-order valence-electron chi connectivity index (χ1n) is 21.4. The highest BCUT2D eigenvalue weighted by atomic mass is 16.5. The van der Waals surface area contributed by atoms with Gasteiger partial charge in [-0.25, -0.2) is 4.79 Å². The zero-order chi connectivity index (χ0) is 48.7. The van der Waals surface area contributed by atoms with Crippen LogP contribution in [0.1, 0.15) is 110 Å². The van der Waals surface area contributed by atoms with Gasteiger partial charge in [0.15, 0.2) is 0 Å². The number of ether oxygens (including phenoxy) is 5. The largest absolute Gasteiger partial charge is 0.497 e. The van der Waals surface area contributed by atoms with E-state index in [4.69, 9.17) is 29.2 Å². The zero-order valence-corrected chi connectivity index (χ0v) is 41.0. The molecule has 0 fully saturated rings. The van der Waals surface area contributed by atoms with Gasteiger partial charge in [-0.15, -0.1) is 0 Å². The van der Waals surface area contributed by atoms with Crippen LogP contribution in [0, 0.1) is 0 Å². The third kappa shape index (κ3) is 25.8. The molecule has 10 nitrogen and oxygen atoms in total. The molecule has 0 spiro atoms. The van der Waals surface area contributed by atoms with E-state index in [-0.39, 0.29) is 16.7 Å². The number of likely N-dealkylation sites (N-methyl/N-ethyl adjacent to an activating group) is 1. The van der Waals surface area contributed by atoms with Crippen molar-refractivity contribution in [2.24, 2.45) is 0 Å². The number of methoxy groups -OCH3 is 3. The second-order valence-electron chi connectivity index (χ2n) is 14.4. The van der Waals surface area contributed by atoms with Crippen LogP contribution in [0.4, 0.5) is 0 Å². The van der Waals surface area contributed by atoms with Crippen molar-refractivity contribution in [1.82, 2.24) is 5.32 Å². The van der Waals surface area contributed by atoms with Crippen molar-refractivity contribution in [1.29, 1.82) is 0 Å². The molecule has 10 heteroatoms. The average molecular weight is 876 g/mol. The number of nitrogens with one attached hydrogen (secondary N) is 1. The van der Waals surface area contributed by atoms with E-state index < -0.39 is 5.97 Å². The maximum absolute atomic E-state index is 9.95. The number of esters is 1. The minimum atomic E-state index is -0.394. The highest BCUT2D eigenvalue weighted by Gasteiger charge is 2.24. The number of hydrogen-bond donors (Lipinski definition) is 3. The Morgan fingerprint density at radius 3 is 0.968 bits per heavy atom. The van der Waals surface area contributed by atoms with E-state index in [1.165, 1.54) is 41.9 Å². The minimum absolute atomic E-state index is 0.0474. The molecule has 0 saturated carbocycles. The highest BCUT2D eigenvalue weighted by Crippen LogP contribution is 2.34. The molecule has 4 aromatic carbocycles. The Labute approximate surface area is 381 Å². The second kappa shape index (κ2) is 38.1. The SMILES string of the molecule is C=CC(=O)NC.C=CC(=O)OC.CCC.CCCCOc1ccc(C(C)(C)c2ccc(OC)cc2)cc1.CCCCOc1ccc(C(C)(C)c2ccc(OC)cc2)cc1.CO.CO. The van der Waals surface area contributed by atoms with Crippen LogP contribution in [-0.4, -0.2) is 77.9 Å². The zero-order valence-electron chi connectivity index (χ0n) is 41.0. The van der Waals surface area contributed by atoms with Gasteiger partial charge in [0.1, 0.15) is 23.0 Å². The Morgan fingerprint density at radius 2 is 0.810 bits per heavy atom. The quantitative estimate of drug-likeness (QED) is 0.0571. The number of rotatable bonds is 16. The van der Waals surface area contributed by atoms with Crippen LogP contribution >= 0.6 is 0 Å². The van der Waals surface area contributed by atoms with Crippen LogP contribution < -0.4 is 24.3 Å². The summed E-state index contributed by atoms with van der Waals surface area (Å²) >= 11 is 0. The van der Waals surface area contributed by atoms with Crippen molar-refractivity contribution >= 4 is 11.9 Å². The smallest absolute Gasteiger partial charge is 0.329 e. The minimum Gasteiger partial charge on any atom is -0.497 e. The Hall–Kier alpha value is -5.58. The lowest BCUT2D eigenvalue weighted by molar-refractivity contribution is -0.134. The lowest BCUT2D eigenvalue weighted by Crippen LogP contribution is -2.18. The summed E-state index contributed by atoms with van der Waals surface area (Å²) in [4.78, 5) is 19.8. The molecule has 0 unspecified atom stereocenters. The molecule has 0 saturated heterocycles. The van der Waals surface area contributed by atoms with Gasteiger partial charge in [0.2, 0.25) is 5.91 Å². The van der Waals surface area contributed by atoms with Crippen molar-refractivity contribution < 1.29 is 43.5 Å². The summed E-state index contributed by atoms with van der Waals surface area (Å²) in [5, 5.41) is 16.4. The van der Waals surface area contributed by atoms with Crippen LogP contribution in [0.2, 0.25) is 0 Å². The fourth-order valence-corrected chi connectivity index (χ4v) is 5.14. The van der Waals surface area contributed by atoms with Crippen LogP contribution in [-0.2, 0) is 25.2 Å². The third-order valence-electron chi connectivity index (χ3n) is 9.11. The molecular weight excluding hydrogens is 795 g/mol. The molecular formula is C53H81NO9. The number of hydrogen-bond acceptors (Lipinski definition) is 9. The van der Waals surface area contributed by atoms with E-state index in [1.807, 2.05) is 24.3 Å². The Bertz CT molecular complexity index is 1590. The van der Waals surface area contributed by atoms with E-state index in [2.05, 4.69) is 151 Å².